The summed E-state index contributed by atoms with van der Waals surface area (Å²) in [6, 6.07) is 19.0. The lowest BCUT2D eigenvalue weighted by Gasteiger charge is -2.13. The first kappa shape index (κ1) is 19.5. The Labute approximate surface area is 190 Å². The summed E-state index contributed by atoms with van der Waals surface area (Å²) in [6.07, 6.45) is 1.83. The molecule has 0 saturated heterocycles. The van der Waals surface area contributed by atoms with Crippen LogP contribution in [0.1, 0.15) is 21.5 Å². The number of fused-ring (bicyclic) bond motifs is 1. The Bertz CT molecular complexity index is 1110. The fourth-order valence-corrected chi connectivity index (χ4v) is 4.90. The van der Waals surface area contributed by atoms with Crippen LogP contribution < -0.4 is 10.1 Å². The van der Waals surface area contributed by atoms with Crippen molar-refractivity contribution in [3.8, 4) is 5.75 Å². The second kappa shape index (κ2) is 8.27. The van der Waals surface area contributed by atoms with Gasteiger partial charge in [-0.2, -0.15) is 0 Å². The van der Waals surface area contributed by atoms with Crippen LogP contribution in [-0.2, 0) is 6.61 Å². The molecule has 6 heteroatoms. The minimum atomic E-state index is -0.0253. The molecule has 0 unspecified atom stereocenters. The molecule has 0 atom stereocenters. The predicted molar refractivity (Wildman–Crippen MR) is 125 cm³/mol. The molecule has 4 rings (SSSR count). The van der Waals surface area contributed by atoms with Gasteiger partial charge in [0.05, 0.1) is 9.27 Å². The van der Waals surface area contributed by atoms with Crippen LogP contribution in [0.25, 0.3) is 6.08 Å². The standard InChI is InChI=1S/C22H14BrClINO2/c23-15-9-14(10-20-21(27)16-6-2-4-8-19(16)26-20)22(18(25)11-15)28-12-13-5-1-3-7-17(13)24/h1-11,26H,12H2/b20-10-. The molecule has 0 aromatic heterocycles. The number of benzene rings is 3. The van der Waals surface area contributed by atoms with E-state index in [4.69, 9.17) is 16.3 Å². The SMILES string of the molecule is O=C1/C(=C/c2cc(Br)cc(I)c2OCc2ccccc2Cl)Nc2ccccc21. The quantitative estimate of drug-likeness (QED) is 0.275. The van der Waals surface area contributed by atoms with Crippen molar-refractivity contribution in [1.29, 1.82) is 0 Å². The molecule has 0 radical (unpaired) electrons. The van der Waals surface area contributed by atoms with Crippen molar-refractivity contribution in [3.63, 3.8) is 0 Å². The van der Waals surface area contributed by atoms with Gasteiger partial charge in [0.25, 0.3) is 0 Å². The molecular weight excluding hydrogens is 553 g/mol. The smallest absolute Gasteiger partial charge is 0.211 e. The van der Waals surface area contributed by atoms with Crippen molar-refractivity contribution in [1.82, 2.24) is 0 Å². The lowest BCUT2D eigenvalue weighted by Crippen LogP contribution is -2.03. The Balaban J connectivity index is 1.68. The maximum absolute atomic E-state index is 12.7. The van der Waals surface area contributed by atoms with Crippen molar-refractivity contribution in [2.75, 3.05) is 5.32 Å². The highest BCUT2D eigenvalue weighted by Gasteiger charge is 2.24. The van der Waals surface area contributed by atoms with Gasteiger partial charge in [-0.3, -0.25) is 4.79 Å². The van der Waals surface area contributed by atoms with E-state index in [1.807, 2.05) is 66.7 Å². The number of halogens is 3. The van der Waals surface area contributed by atoms with E-state index in [-0.39, 0.29) is 5.78 Å². The number of para-hydroxylation sites is 1. The molecule has 0 saturated carbocycles. The molecule has 3 aromatic rings. The molecular formula is C22H14BrClINO2. The minimum absolute atomic E-state index is 0.0253. The van der Waals surface area contributed by atoms with E-state index >= 15 is 0 Å². The average Bonchev–Trinajstić information content (AvgIpc) is 2.98. The van der Waals surface area contributed by atoms with Crippen LogP contribution in [0.15, 0.2) is 70.8 Å². The third-order valence-corrected chi connectivity index (χ3v) is 5.98. The number of carbonyl (C=O) groups excluding carboxylic acids is 1. The molecule has 3 aromatic carbocycles. The van der Waals surface area contributed by atoms with Crippen molar-refractivity contribution in [3.05, 3.63) is 96.1 Å². The fourth-order valence-electron chi connectivity index (χ4n) is 3.00. The van der Waals surface area contributed by atoms with Gasteiger partial charge in [-0.15, -0.1) is 0 Å². The maximum atomic E-state index is 12.7. The summed E-state index contributed by atoms with van der Waals surface area (Å²) >= 11 is 12.0. The molecule has 0 spiro atoms. The number of allylic oxidation sites excluding steroid dienone is 1. The summed E-state index contributed by atoms with van der Waals surface area (Å²) in [5.74, 6) is 0.685. The van der Waals surface area contributed by atoms with Crippen LogP contribution in [0.4, 0.5) is 5.69 Å². The van der Waals surface area contributed by atoms with Gasteiger partial charge in [-0.25, -0.2) is 0 Å². The van der Waals surface area contributed by atoms with Crippen molar-refractivity contribution >= 4 is 67.7 Å². The Morgan fingerprint density at radius 2 is 1.86 bits per heavy atom. The topological polar surface area (TPSA) is 38.3 Å². The lowest BCUT2D eigenvalue weighted by atomic mass is 10.1. The molecule has 3 nitrogen and oxygen atoms in total. The Hall–Kier alpha value is -1.83. The number of nitrogens with one attached hydrogen (secondary N) is 1. The van der Waals surface area contributed by atoms with Gasteiger partial charge in [0.1, 0.15) is 12.4 Å². The first-order valence-electron chi connectivity index (χ1n) is 8.50. The van der Waals surface area contributed by atoms with Gasteiger partial charge < -0.3 is 10.1 Å². The highest BCUT2D eigenvalue weighted by Crippen LogP contribution is 2.35. The van der Waals surface area contributed by atoms with Gasteiger partial charge in [0.2, 0.25) is 5.78 Å². The summed E-state index contributed by atoms with van der Waals surface area (Å²) in [5, 5.41) is 3.86. The number of ketones is 1. The Morgan fingerprint density at radius 3 is 2.64 bits per heavy atom. The molecule has 0 fully saturated rings. The van der Waals surface area contributed by atoms with Crippen molar-refractivity contribution in [2.24, 2.45) is 0 Å². The third-order valence-electron chi connectivity index (χ3n) is 4.35. The molecule has 28 heavy (non-hydrogen) atoms. The van der Waals surface area contributed by atoms with Crippen LogP contribution in [0.3, 0.4) is 0 Å². The zero-order chi connectivity index (χ0) is 19.7. The van der Waals surface area contributed by atoms with E-state index in [0.717, 1.165) is 24.9 Å². The van der Waals surface area contributed by atoms with E-state index in [1.54, 1.807) is 0 Å². The van der Waals surface area contributed by atoms with E-state index in [2.05, 4.69) is 43.8 Å². The number of hydrogen-bond acceptors (Lipinski definition) is 3. The van der Waals surface area contributed by atoms with Crippen LogP contribution in [0.5, 0.6) is 5.75 Å². The average molecular weight is 567 g/mol. The Kier molecular flexibility index (Phi) is 5.75. The van der Waals surface area contributed by atoms with Gasteiger partial charge in [-0.1, -0.05) is 57.9 Å². The maximum Gasteiger partial charge on any atom is 0.211 e. The molecule has 0 bridgehead atoms. The number of anilines is 1. The third kappa shape index (κ3) is 3.97. The lowest BCUT2D eigenvalue weighted by molar-refractivity contribution is 0.104. The first-order valence-corrected chi connectivity index (χ1v) is 10.8. The van der Waals surface area contributed by atoms with E-state index in [1.165, 1.54) is 0 Å². The number of ether oxygens (including phenoxy) is 1. The molecule has 1 aliphatic rings. The van der Waals surface area contributed by atoms with E-state index in [0.29, 0.717) is 28.6 Å². The van der Waals surface area contributed by atoms with Crippen LogP contribution in [-0.4, -0.2) is 5.78 Å². The summed E-state index contributed by atoms with van der Waals surface area (Å²) < 4.78 is 7.97. The van der Waals surface area contributed by atoms with Crippen LogP contribution in [0, 0.1) is 3.57 Å². The highest BCUT2D eigenvalue weighted by molar-refractivity contribution is 14.1. The normalized spacial score (nSPS) is 14.1. The van der Waals surface area contributed by atoms with Gasteiger partial charge in [0, 0.05) is 31.9 Å². The summed E-state index contributed by atoms with van der Waals surface area (Å²) in [6.45, 7) is 0.342. The summed E-state index contributed by atoms with van der Waals surface area (Å²) in [4.78, 5) is 12.7. The number of carbonyl (C=O) groups is 1. The van der Waals surface area contributed by atoms with E-state index < -0.39 is 0 Å². The molecule has 0 aliphatic carbocycles. The summed E-state index contributed by atoms with van der Waals surface area (Å²) in [5.41, 5.74) is 3.75. The monoisotopic (exact) mass is 565 g/mol. The zero-order valence-electron chi connectivity index (χ0n) is 14.5. The Morgan fingerprint density at radius 1 is 1.11 bits per heavy atom. The van der Waals surface area contributed by atoms with Gasteiger partial charge in [-0.05, 0) is 59.0 Å². The fraction of sp³-hybridized carbons (Fsp3) is 0.0455. The van der Waals surface area contributed by atoms with Crippen LogP contribution in [0.2, 0.25) is 5.02 Å². The first-order chi connectivity index (χ1) is 13.5. The molecule has 1 N–H and O–H groups in total. The predicted octanol–water partition coefficient (Wildman–Crippen LogP) is 6.94. The minimum Gasteiger partial charge on any atom is -0.487 e. The van der Waals surface area contributed by atoms with Gasteiger partial charge in [0.15, 0.2) is 0 Å². The van der Waals surface area contributed by atoms with E-state index in [9.17, 15) is 4.79 Å². The number of hydrogen-bond donors (Lipinski definition) is 1. The second-order valence-corrected chi connectivity index (χ2v) is 8.73. The zero-order valence-corrected chi connectivity index (χ0v) is 19.0. The van der Waals surface area contributed by atoms with Crippen LogP contribution >= 0.6 is 50.1 Å². The molecule has 1 heterocycles. The second-order valence-electron chi connectivity index (χ2n) is 6.24. The van der Waals surface area contributed by atoms with Gasteiger partial charge >= 0.3 is 0 Å². The van der Waals surface area contributed by atoms with Crippen molar-refractivity contribution < 1.29 is 9.53 Å². The summed E-state index contributed by atoms with van der Waals surface area (Å²) in [7, 11) is 0. The number of rotatable bonds is 4. The van der Waals surface area contributed by atoms with Crippen molar-refractivity contribution in [2.45, 2.75) is 6.61 Å². The highest BCUT2D eigenvalue weighted by atomic mass is 127. The number of Topliss-reactive ketones (excluding diaryl/α,β-unsaturated/α-hetero) is 1. The largest absolute Gasteiger partial charge is 0.487 e. The molecule has 1 aliphatic heterocycles. The molecule has 0 amide bonds. The molecule has 140 valence electrons.